The van der Waals surface area contributed by atoms with Gasteiger partial charge in [0.25, 0.3) is 0 Å². The number of piperidine rings is 1. The Hall–Kier alpha value is -2.38. The fourth-order valence-electron chi connectivity index (χ4n) is 4.33. The van der Waals surface area contributed by atoms with Crippen LogP contribution in [-0.2, 0) is 21.2 Å². The lowest BCUT2D eigenvalue weighted by Crippen LogP contribution is -2.42. The van der Waals surface area contributed by atoms with Crippen molar-refractivity contribution in [3.8, 4) is 5.75 Å². The number of hydrogen-bond acceptors (Lipinski definition) is 4. The summed E-state index contributed by atoms with van der Waals surface area (Å²) in [5.41, 5.74) is 1.83. The van der Waals surface area contributed by atoms with Gasteiger partial charge in [0.05, 0.1) is 17.1 Å². The van der Waals surface area contributed by atoms with Gasteiger partial charge in [0.15, 0.2) is 0 Å². The van der Waals surface area contributed by atoms with Crippen LogP contribution in [0.5, 0.6) is 5.75 Å². The van der Waals surface area contributed by atoms with Crippen LogP contribution in [0.3, 0.4) is 0 Å². The number of ether oxygens (including phenoxy) is 1. The van der Waals surface area contributed by atoms with Crippen LogP contribution in [0.25, 0.3) is 0 Å². The second-order valence-corrected chi connectivity index (χ2v) is 10.2. The van der Waals surface area contributed by atoms with Gasteiger partial charge in [-0.05, 0) is 55.9 Å². The van der Waals surface area contributed by atoms with E-state index < -0.39 is 10.0 Å². The molecule has 160 valence electrons. The largest absolute Gasteiger partial charge is 0.487 e. The van der Waals surface area contributed by atoms with Crippen molar-refractivity contribution in [3.63, 3.8) is 0 Å². The molecule has 1 fully saturated rings. The average molecular weight is 429 g/mol. The van der Waals surface area contributed by atoms with Crippen molar-refractivity contribution >= 4 is 21.6 Å². The Morgan fingerprint density at radius 2 is 1.80 bits per heavy atom. The molecule has 0 radical (unpaired) electrons. The number of nitrogens with zero attached hydrogens (tertiary/aromatic N) is 2. The molecule has 0 unspecified atom stereocenters. The summed E-state index contributed by atoms with van der Waals surface area (Å²) in [6.45, 7) is 4.82. The maximum absolute atomic E-state index is 13.3. The first-order valence-electron chi connectivity index (χ1n) is 10.5. The van der Waals surface area contributed by atoms with E-state index >= 15 is 0 Å². The fourth-order valence-corrected chi connectivity index (χ4v) is 5.82. The lowest BCUT2D eigenvalue weighted by molar-refractivity contribution is -0.117. The van der Waals surface area contributed by atoms with Gasteiger partial charge in [-0.15, -0.1) is 0 Å². The Bertz CT molecular complexity index is 1010. The summed E-state index contributed by atoms with van der Waals surface area (Å²) in [4.78, 5) is 13.9. The molecule has 2 aliphatic rings. The summed E-state index contributed by atoms with van der Waals surface area (Å²) in [6, 6.07) is 15.2. The van der Waals surface area contributed by atoms with Crippen molar-refractivity contribution < 1.29 is 17.9 Å². The molecule has 1 amide bonds. The predicted octanol–water partition coefficient (Wildman–Crippen LogP) is 3.46. The summed E-state index contributed by atoms with van der Waals surface area (Å²) in [6.07, 6.45) is 2.54. The summed E-state index contributed by atoms with van der Waals surface area (Å²) < 4.78 is 33.9. The van der Waals surface area contributed by atoms with E-state index in [0.29, 0.717) is 37.0 Å². The molecule has 0 N–H and O–H groups in total. The van der Waals surface area contributed by atoms with Crippen molar-refractivity contribution in [3.05, 3.63) is 54.1 Å². The number of benzene rings is 2. The van der Waals surface area contributed by atoms with Gasteiger partial charge in [-0.25, -0.2) is 8.42 Å². The third-order valence-electron chi connectivity index (χ3n) is 5.95. The van der Waals surface area contributed by atoms with E-state index in [4.69, 9.17) is 4.74 Å². The fraction of sp³-hybridized carbons (Fsp3) is 0.435. The highest BCUT2D eigenvalue weighted by Crippen LogP contribution is 2.36. The molecule has 1 atom stereocenters. The number of sulfonamides is 1. The molecule has 7 heteroatoms. The Labute approximate surface area is 178 Å². The van der Waals surface area contributed by atoms with E-state index in [1.165, 1.54) is 12.5 Å². The van der Waals surface area contributed by atoms with E-state index in [2.05, 4.69) is 12.1 Å². The average Bonchev–Trinajstić information content (AvgIpc) is 2.74. The van der Waals surface area contributed by atoms with Crippen molar-refractivity contribution in [1.29, 1.82) is 0 Å². The summed E-state index contributed by atoms with van der Waals surface area (Å²) in [5.74, 6) is 0.914. The lowest BCUT2D eigenvalue weighted by atomic mass is 9.91. The van der Waals surface area contributed by atoms with Crippen molar-refractivity contribution in [1.82, 2.24) is 4.31 Å². The highest BCUT2D eigenvalue weighted by atomic mass is 32.2. The molecular weight excluding hydrogens is 400 g/mol. The smallest absolute Gasteiger partial charge is 0.243 e. The highest BCUT2D eigenvalue weighted by Gasteiger charge is 2.32. The minimum Gasteiger partial charge on any atom is -0.487 e. The standard InChI is InChI=1S/C23H28N2O4S/c1-17-16-25(18(2)26)22-15-21(8-9-23(22)29-17)30(27,28)24-12-10-20(11-13-24)14-19-6-4-3-5-7-19/h3-9,15,17,20H,10-14,16H2,1-2H3/t17-/m0/s1. The molecule has 2 aromatic rings. The minimum absolute atomic E-state index is 0.123. The lowest BCUT2D eigenvalue weighted by Gasteiger charge is -2.34. The van der Waals surface area contributed by atoms with Gasteiger partial charge >= 0.3 is 0 Å². The van der Waals surface area contributed by atoms with Crippen molar-refractivity contribution in [2.24, 2.45) is 5.92 Å². The third kappa shape index (κ3) is 4.23. The molecule has 2 aromatic carbocycles. The molecule has 0 bridgehead atoms. The van der Waals surface area contributed by atoms with Crippen LogP contribution in [0.4, 0.5) is 5.69 Å². The monoisotopic (exact) mass is 428 g/mol. The van der Waals surface area contributed by atoms with Crippen LogP contribution >= 0.6 is 0 Å². The zero-order valence-corrected chi connectivity index (χ0v) is 18.3. The molecule has 0 spiro atoms. The van der Waals surface area contributed by atoms with Crippen LogP contribution < -0.4 is 9.64 Å². The van der Waals surface area contributed by atoms with E-state index in [1.54, 1.807) is 27.4 Å². The summed E-state index contributed by atoms with van der Waals surface area (Å²) >= 11 is 0. The summed E-state index contributed by atoms with van der Waals surface area (Å²) in [7, 11) is -3.61. The molecule has 4 rings (SSSR count). The number of fused-ring (bicyclic) bond motifs is 1. The zero-order chi connectivity index (χ0) is 21.3. The SMILES string of the molecule is CC(=O)N1C[C@H](C)Oc2ccc(S(=O)(=O)N3CCC(Cc4ccccc4)CC3)cc21. The number of anilines is 1. The summed E-state index contributed by atoms with van der Waals surface area (Å²) in [5, 5.41) is 0. The topological polar surface area (TPSA) is 66.9 Å². The van der Waals surface area contributed by atoms with Gasteiger partial charge in [-0.1, -0.05) is 30.3 Å². The van der Waals surface area contributed by atoms with Crippen LogP contribution in [0.2, 0.25) is 0 Å². The van der Waals surface area contributed by atoms with Gasteiger partial charge in [0.2, 0.25) is 15.9 Å². The molecule has 0 aliphatic carbocycles. The first kappa shape index (κ1) is 20.9. The van der Waals surface area contributed by atoms with Gasteiger partial charge in [-0.3, -0.25) is 4.79 Å². The number of carbonyl (C=O) groups is 1. The molecule has 0 aromatic heterocycles. The van der Waals surface area contributed by atoms with Gasteiger partial charge < -0.3 is 9.64 Å². The Morgan fingerprint density at radius 3 is 2.47 bits per heavy atom. The number of rotatable bonds is 4. The Kier molecular flexibility index (Phi) is 5.84. The zero-order valence-electron chi connectivity index (χ0n) is 17.5. The van der Waals surface area contributed by atoms with Crippen molar-refractivity contribution in [2.75, 3.05) is 24.5 Å². The number of amides is 1. The third-order valence-corrected chi connectivity index (χ3v) is 7.84. The number of carbonyl (C=O) groups excluding carboxylic acids is 1. The van der Waals surface area contributed by atoms with Crippen LogP contribution in [0, 0.1) is 5.92 Å². The molecular formula is C23H28N2O4S. The predicted molar refractivity (Wildman–Crippen MR) is 116 cm³/mol. The van der Waals surface area contributed by atoms with Crippen LogP contribution in [-0.4, -0.2) is 44.4 Å². The van der Waals surface area contributed by atoms with Gasteiger partial charge in [-0.2, -0.15) is 4.31 Å². The minimum atomic E-state index is -3.61. The van der Waals surface area contributed by atoms with Crippen LogP contribution in [0.1, 0.15) is 32.3 Å². The van der Waals surface area contributed by atoms with E-state index in [1.807, 2.05) is 25.1 Å². The number of hydrogen-bond donors (Lipinski definition) is 0. The Balaban J connectivity index is 1.49. The maximum atomic E-state index is 13.3. The molecule has 0 saturated carbocycles. The first-order chi connectivity index (χ1) is 14.3. The van der Waals surface area contributed by atoms with Gasteiger partial charge in [0, 0.05) is 20.0 Å². The second kappa shape index (κ2) is 8.40. The van der Waals surface area contributed by atoms with E-state index in [0.717, 1.165) is 19.3 Å². The highest BCUT2D eigenvalue weighted by molar-refractivity contribution is 7.89. The molecule has 6 nitrogen and oxygen atoms in total. The molecule has 2 heterocycles. The molecule has 2 aliphatic heterocycles. The van der Waals surface area contributed by atoms with E-state index in [9.17, 15) is 13.2 Å². The van der Waals surface area contributed by atoms with Gasteiger partial charge in [0.1, 0.15) is 11.9 Å². The molecule has 30 heavy (non-hydrogen) atoms. The maximum Gasteiger partial charge on any atom is 0.243 e. The molecule has 1 saturated heterocycles. The van der Waals surface area contributed by atoms with Crippen LogP contribution in [0.15, 0.2) is 53.4 Å². The van der Waals surface area contributed by atoms with E-state index in [-0.39, 0.29) is 16.9 Å². The first-order valence-corrected chi connectivity index (χ1v) is 11.9. The normalized spacial score (nSPS) is 20.5. The second-order valence-electron chi connectivity index (χ2n) is 8.22. The quantitative estimate of drug-likeness (QED) is 0.748. The van der Waals surface area contributed by atoms with Crippen molar-refractivity contribution in [2.45, 2.75) is 44.1 Å². The Morgan fingerprint density at radius 1 is 1.10 bits per heavy atom.